The Morgan fingerprint density at radius 2 is 2.00 bits per heavy atom. The molecule has 0 aliphatic rings. The van der Waals surface area contributed by atoms with Gasteiger partial charge in [-0.2, -0.15) is 0 Å². The lowest BCUT2D eigenvalue weighted by Gasteiger charge is -2.09. The van der Waals surface area contributed by atoms with Gasteiger partial charge in [-0.15, -0.1) is 11.3 Å². The van der Waals surface area contributed by atoms with Gasteiger partial charge in [-0.1, -0.05) is 0 Å². The number of methoxy groups -OCH3 is 2. The number of hydrogen-bond donors (Lipinski definition) is 2. The van der Waals surface area contributed by atoms with Crippen molar-refractivity contribution in [2.24, 2.45) is 0 Å². The van der Waals surface area contributed by atoms with E-state index in [-0.39, 0.29) is 11.8 Å². The molecule has 2 N–H and O–H groups in total. The Kier molecular flexibility index (Phi) is 5.95. The van der Waals surface area contributed by atoms with Gasteiger partial charge in [0.15, 0.2) is 10.9 Å². The van der Waals surface area contributed by atoms with Crippen molar-refractivity contribution in [1.82, 2.24) is 10.3 Å². The van der Waals surface area contributed by atoms with Crippen molar-refractivity contribution in [2.45, 2.75) is 13.5 Å². The van der Waals surface area contributed by atoms with E-state index in [4.69, 9.17) is 13.9 Å². The second-order valence-corrected chi connectivity index (χ2v) is 6.59. The predicted octanol–water partition coefficient (Wildman–Crippen LogP) is 3.31. The Bertz CT molecular complexity index is 995. The fourth-order valence-corrected chi connectivity index (χ4v) is 3.12. The number of hydrogen-bond acceptors (Lipinski definition) is 7. The molecule has 0 spiro atoms. The summed E-state index contributed by atoms with van der Waals surface area (Å²) >= 11 is 1.27. The molecular weight excluding hydrogens is 382 g/mol. The Hall–Kier alpha value is -3.33. The molecule has 0 aliphatic carbocycles. The molecule has 0 atom stereocenters. The zero-order valence-corrected chi connectivity index (χ0v) is 16.4. The van der Waals surface area contributed by atoms with Crippen LogP contribution in [0.25, 0.3) is 11.5 Å². The summed E-state index contributed by atoms with van der Waals surface area (Å²) in [5, 5.41) is 7.62. The molecule has 146 valence electrons. The number of rotatable bonds is 7. The van der Waals surface area contributed by atoms with Crippen LogP contribution in [0.15, 0.2) is 40.1 Å². The monoisotopic (exact) mass is 401 g/mol. The third kappa shape index (κ3) is 4.49. The lowest BCUT2D eigenvalue weighted by molar-refractivity contribution is -0.119. The first-order valence-corrected chi connectivity index (χ1v) is 9.20. The predicted molar refractivity (Wildman–Crippen MR) is 105 cm³/mol. The number of benzene rings is 1. The number of amides is 2. The number of thiazole rings is 1. The minimum Gasteiger partial charge on any atom is -0.497 e. The van der Waals surface area contributed by atoms with Crippen LogP contribution >= 0.6 is 11.3 Å². The number of carbonyl (C=O) groups excluding carboxylic acids is 2. The maximum absolute atomic E-state index is 12.6. The number of aromatic nitrogens is 1. The largest absolute Gasteiger partial charge is 0.497 e. The molecule has 0 fully saturated rings. The molecule has 2 amide bonds. The van der Waals surface area contributed by atoms with Gasteiger partial charge in [0, 0.05) is 12.3 Å². The van der Waals surface area contributed by atoms with Gasteiger partial charge in [0.05, 0.1) is 26.3 Å². The number of anilines is 1. The lowest BCUT2D eigenvalue weighted by Crippen LogP contribution is -2.18. The summed E-state index contributed by atoms with van der Waals surface area (Å²) in [5.41, 5.74) is 0.932. The number of ether oxygens (including phenoxy) is 2. The second-order valence-electron chi connectivity index (χ2n) is 5.73. The molecule has 8 nitrogen and oxygen atoms in total. The summed E-state index contributed by atoms with van der Waals surface area (Å²) in [6.45, 7) is 1.75. The second kappa shape index (κ2) is 8.57. The van der Waals surface area contributed by atoms with Crippen LogP contribution in [0.3, 0.4) is 0 Å². The Labute approximate surface area is 165 Å². The van der Waals surface area contributed by atoms with Gasteiger partial charge in [-0.25, -0.2) is 4.98 Å². The van der Waals surface area contributed by atoms with Gasteiger partial charge in [-0.3, -0.25) is 14.9 Å². The van der Waals surface area contributed by atoms with Crippen molar-refractivity contribution in [3.05, 3.63) is 47.0 Å². The van der Waals surface area contributed by atoms with Gasteiger partial charge >= 0.3 is 0 Å². The summed E-state index contributed by atoms with van der Waals surface area (Å²) in [5.74, 6) is 1.66. The average Bonchev–Trinajstić information content (AvgIpc) is 3.35. The van der Waals surface area contributed by atoms with Crippen molar-refractivity contribution < 1.29 is 23.5 Å². The quantitative estimate of drug-likeness (QED) is 0.630. The third-order valence-corrected chi connectivity index (χ3v) is 4.56. The summed E-state index contributed by atoms with van der Waals surface area (Å²) in [4.78, 5) is 28.0. The lowest BCUT2D eigenvalue weighted by atomic mass is 10.1. The SMILES string of the molecule is COc1ccc(OC)c(C(=O)Nc2nc(-c3ccc(CNC(C)=O)o3)cs2)c1. The van der Waals surface area contributed by atoms with Crippen molar-refractivity contribution in [3.8, 4) is 23.0 Å². The highest BCUT2D eigenvalue weighted by Gasteiger charge is 2.16. The topological polar surface area (TPSA) is 103 Å². The van der Waals surface area contributed by atoms with Crippen LogP contribution < -0.4 is 20.1 Å². The fraction of sp³-hybridized carbons (Fsp3) is 0.211. The van der Waals surface area contributed by atoms with Crippen LogP contribution in [0, 0.1) is 0 Å². The molecule has 9 heteroatoms. The molecule has 2 aromatic heterocycles. The zero-order valence-electron chi connectivity index (χ0n) is 15.6. The Morgan fingerprint density at radius 1 is 1.18 bits per heavy atom. The van der Waals surface area contributed by atoms with E-state index >= 15 is 0 Å². The van der Waals surface area contributed by atoms with E-state index in [1.54, 1.807) is 35.7 Å². The van der Waals surface area contributed by atoms with Crippen molar-refractivity contribution in [2.75, 3.05) is 19.5 Å². The molecule has 0 radical (unpaired) electrons. The van der Waals surface area contributed by atoms with Crippen LogP contribution in [0.2, 0.25) is 0 Å². The van der Waals surface area contributed by atoms with Gasteiger partial charge in [0.1, 0.15) is 23.0 Å². The van der Waals surface area contributed by atoms with E-state index in [9.17, 15) is 9.59 Å². The molecule has 0 saturated carbocycles. The van der Waals surface area contributed by atoms with Crippen LogP contribution in [0.5, 0.6) is 11.5 Å². The number of nitrogens with one attached hydrogen (secondary N) is 2. The Morgan fingerprint density at radius 3 is 2.71 bits per heavy atom. The highest BCUT2D eigenvalue weighted by molar-refractivity contribution is 7.14. The summed E-state index contributed by atoms with van der Waals surface area (Å²) in [6.07, 6.45) is 0. The smallest absolute Gasteiger partial charge is 0.261 e. The van der Waals surface area contributed by atoms with Crippen LogP contribution in [-0.4, -0.2) is 31.0 Å². The maximum atomic E-state index is 12.6. The van der Waals surface area contributed by atoms with Crippen LogP contribution in [-0.2, 0) is 11.3 Å². The van der Waals surface area contributed by atoms with Crippen molar-refractivity contribution in [1.29, 1.82) is 0 Å². The summed E-state index contributed by atoms with van der Waals surface area (Å²) in [6, 6.07) is 8.52. The van der Waals surface area contributed by atoms with Crippen LogP contribution in [0.4, 0.5) is 5.13 Å². The molecule has 1 aromatic carbocycles. The molecule has 0 bridgehead atoms. The van der Waals surface area contributed by atoms with E-state index in [0.717, 1.165) is 0 Å². The van der Waals surface area contributed by atoms with E-state index in [1.807, 2.05) is 0 Å². The number of carbonyl (C=O) groups is 2. The van der Waals surface area contributed by atoms with Crippen molar-refractivity contribution >= 4 is 28.3 Å². The molecular formula is C19H19N3O5S. The molecule has 28 heavy (non-hydrogen) atoms. The average molecular weight is 401 g/mol. The van der Waals surface area contributed by atoms with E-state index < -0.39 is 0 Å². The zero-order chi connectivity index (χ0) is 20.1. The normalized spacial score (nSPS) is 10.4. The fourth-order valence-electron chi connectivity index (χ4n) is 2.42. The minimum absolute atomic E-state index is 0.135. The van der Waals surface area contributed by atoms with E-state index in [0.29, 0.717) is 46.0 Å². The van der Waals surface area contributed by atoms with Gasteiger partial charge in [-0.05, 0) is 30.3 Å². The standard InChI is InChI=1S/C19H19N3O5S/c1-11(23)20-9-13-5-7-17(27-13)15-10-28-19(21-15)22-18(24)14-8-12(25-2)4-6-16(14)26-3/h4-8,10H,9H2,1-3H3,(H,20,23)(H,21,22,24). The first-order chi connectivity index (χ1) is 13.5. The van der Waals surface area contributed by atoms with Crippen molar-refractivity contribution in [3.63, 3.8) is 0 Å². The van der Waals surface area contributed by atoms with E-state index in [1.165, 1.54) is 32.5 Å². The first kappa shape index (κ1) is 19.4. The third-order valence-electron chi connectivity index (χ3n) is 3.80. The number of furan rings is 1. The molecule has 3 aromatic rings. The highest BCUT2D eigenvalue weighted by atomic mass is 32.1. The minimum atomic E-state index is -0.359. The van der Waals surface area contributed by atoms with E-state index in [2.05, 4.69) is 15.6 Å². The summed E-state index contributed by atoms with van der Waals surface area (Å²) < 4.78 is 16.1. The first-order valence-electron chi connectivity index (χ1n) is 8.32. The van der Waals surface area contributed by atoms with Gasteiger partial charge in [0.2, 0.25) is 5.91 Å². The molecule has 0 aliphatic heterocycles. The van der Waals surface area contributed by atoms with Gasteiger partial charge < -0.3 is 19.2 Å². The molecule has 0 unspecified atom stereocenters. The Balaban J connectivity index is 1.73. The van der Waals surface area contributed by atoms with Gasteiger partial charge in [0.25, 0.3) is 5.91 Å². The molecule has 3 rings (SSSR count). The van der Waals surface area contributed by atoms with Crippen LogP contribution in [0.1, 0.15) is 23.0 Å². The molecule has 0 saturated heterocycles. The summed E-state index contributed by atoms with van der Waals surface area (Å²) in [7, 11) is 3.02. The maximum Gasteiger partial charge on any atom is 0.261 e. The number of nitrogens with zero attached hydrogens (tertiary/aromatic N) is 1. The molecule has 2 heterocycles. The highest BCUT2D eigenvalue weighted by Crippen LogP contribution is 2.29.